The molecule has 148 valence electrons. The van der Waals surface area contributed by atoms with Gasteiger partial charge in [0, 0.05) is 23.9 Å². The molecule has 8 heteroatoms. The van der Waals surface area contributed by atoms with E-state index in [0.717, 1.165) is 28.9 Å². The first kappa shape index (κ1) is 18.7. The zero-order valence-electron chi connectivity index (χ0n) is 15.2. The average Bonchev–Trinajstić information content (AvgIpc) is 3.06. The van der Waals surface area contributed by atoms with Gasteiger partial charge in [-0.25, -0.2) is 13.6 Å². The van der Waals surface area contributed by atoms with Gasteiger partial charge in [0.1, 0.15) is 6.17 Å². The molecule has 2 amide bonds. The Hall–Kier alpha value is -3.65. The van der Waals surface area contributed by atoms with E-state index in [-0.39, 0.29) is 12.2 Å². The molecule has 1 aliphatic rings. The summed E-state index contributed by atoms with van der Waals surface area (Å²) in [6.45, 7) is 0.222. The van der Waals surface area contributed by atoms with E-state index in [9.17, 15) is 13.6 Å². The van der Waals surface area contributed by atoms with Gasteiger partial charge in [0.25, 0.3) is 0 Å². The van der Waals surface area contributed by atoms with Gasteiger partial charge >= 0.3 is 6.03 Å². The highest BCUT2D eigenvalue weighted by molar-refractivity contribution is 5.89. The summed E-state index contributed by atoms with van der Waals surface area (Å²) >= 11 is 0. The number of carbonyl (C=O) groups excluding carboxylic acids is 1. The van der Waals surface area contributed by atoms with E-state index in [4.69, 9.17) is 10.6 Å². The second kappa shape index (κ2) is 7.76. The fraction of sp³-hybridized carbons (Fsp3) is 0.0952. The van der Waals surface area contributed by atoms with Crippen LogP contribution in [0.4, 0.5) is 25.0 Å². The molecule has 0 saturated carbocycles. The lowest BCUT2D eigenvalue weighted by Crippen LogP contribution is -2.32. The minimum atomic E-state index is -1.03. The highest BCUT2D eigenvalue weighted by Gasteiger charge is 2.29. The molecule has 29 heavy (non-hydrogen) atoms. The molecule has 1 unspecified atom stereocenters. The van der Waals surface area contributed by atoms with Gasteiger partial charge in [-0.05, 0) is 35.9 Å². The molecule has 0 radical (unpaired) electrons. The fourth-order valence-corrected chi connectivity index (χ4v) is 3.05. The van der Waals surface area contributed by atoms with Gasteiger partial charge in [0.15, 0.2) is 17.4 Å². The summed E-state index contributed by atoms with van der Waals surface area (Å²) in [5.74, 6) is -1.30. The number of rotatable bonds is 4. The number of fused-ring (bicyclic) bond motifs is 1. The fourth-order valence-electron chi connectivity index (χ4n) is 3.05. The molecule has 3 aromatic rings. The molecule has 0 spiro atoms. The molecular formula is C21H18F2N4O2. The standard InChI is InChI=1S/C21H18F2N4O2/c22-17-9-8-14(11-18(17)23)26-21(28)25-12-13-4-3-5-15(10-13)27-20(24)16-6-1-2-7-19(16)29-27/h1-11,20H,12,24H2,(H2,25,26,28). The van der Waals surface area contributed by atoms with Crippen molar-refractivity contribution >= 4 is 17.4 Å². The molecule has 0 aliphatic carbocycles. The Kier molecular flexibility index (Phi) is 5.01. The monoisotopic (exact) mass is 396 g/mol. The number of hydrogen-bond donors (Lipinski definition) is 3. The van der Waals surface area contributed by atoms with Crippen LogP contribution in [0.2, 0.25) is 0 Å². The van der Waals surface area contributed by atoms with E-state index in [1.54, 1.807) is 5.06 Å². The van der Waals surface area contributed by atoms with Crippen LogP contribution in [0.5, 0.6) is 5.75 Å². The first-order valence-electron chi connectivity index (χ1n) is 8.92. The largest absolute Gasteiger partial charge is 0.377 e. The van der Waals surface area contributed by atoms with Gasteiger partial charge in [-0.1, -0.05) is 30.3 Å². The summed E-state index contributed by atoms with van der Waals surface area (Å²) in [5.41, 5.74) is 8.87. The minimum Gasteiger partial charge on any atom is -0.377 e. The van der Waals surface area contributed by atoms with Crippen molar-refractivity contribution in [2.24, 2.45) is 5.73 Å². The van der Waals surface area contributed by atoms with Gasteiger partial charge < -0.3 is 21.2 Å². The SMILES string of the molecule is NC1c2ccccc2ON1c1cccc(CNC(=O)Nc2ccc(F)c(F)c2)c1. The number of carbonyl (C=O) groups is 1. The van der Waals surface area contributed by atoms with Crippen molar-refractivity contribution in [1.82, 2.24) is 5.32 Å². The Bertz CT molecular complexity index is 1060. The van der Waals surface area contributed by atoms with Crippen molar-refractivity contribution in [2.45, 2.75) is 12.7 Å². The average molecular weight is 396 g/mol. The number of halogens is 2. The van der Waals surface area contributed by atoms with Gasteiger partial charge in [-0.15, -0.1) is 0 Å². The minimum absolute atomic E-state index is 0.157. The van der Waals surface area contributed by atoms with Gasteiger partial charge in [-0.3, -0.25) is 0 Å². The number of nitrogens with zero attached hydrogens (tertiary/aromatic N) is 1. The van der Waals surface area contributed by atoms with Gasteiger partial charge in [0.2, 0.25) is 0 Å². The molecule has 0 saturated heterocycles. The lowest BCUT2D eigenvalue weighted by Gasteiger charge is -2.22. The van der Waals surface area contributed by atoms with Crippen molar-refractivity contribution in [1.29, 1.82) is 0 Å². The zero-order chi connectivity index (χ0) is 20.4. The van der Waals surface area contributed by atoms with Crippen molar-refractivity contribution < 1.29 is 18.4 Å². The number of urea groups is 1. The molecule has 1 aliphatic heterocycles. The molecule has 6 nitrogen and oxygen atoms in total. The predicted molar refractivity (Wildman–Crippen MR) is 105 cm³/mol. The van der Waals surface area contributed by atoms with Crippen molar-refractivity contribution in [3.05, 3.63) is 89.5 Å². The third-order valence-corrected chi connectivity index (χ3v) is 4.48. The van der Waals surface area contributed by atoms with Crippen molar-refractivity contribution in [3.8, 4) is 5.75 Å². The molecule has 0 fully saturated rings. The third-order valence-electron chi connectivity index (χ3n) is 4.48. The second-order valence-corrected chi connectivity index (χ2v) is 6.51. The number of nitrogens with one attached hydrogen (secondary N) is 2. The highest BCUT2D eigenvalue weighted by atomic mass is 19.2. The summed E-state index contributed by atoms with van der Waals surface area (Å²) in [6.07, 6.45) is -0.439. The van der Waals surface area contributed by atoms with Crippen LogP contribution in [0.25, 0.3) is 0 Å². The number of benzene rings is 3. The lowest BCUT2D eigenvalue weighted by atomic mass is 10.1. The zero-order valence-corrected chi connectivity index (χ0v) is 15.2. The van der Waals surface area contributed by atoms with Crippen LogP contribution < -0.4 is 26.3 Å². The smallest absolute Gasteiger partial charge is 0.319 e. The maximum absolute atomic E-state index is 13.2. The van der Waals surface area contributed by atoms with Crippen LogP contribution in [0.15, 0.2) is 66.7 Å². The van der Waals surface area contributed by atoms with E-state index in [0.29, 0.717) is 5.75 Å². The Labute approximate surface area is 165 Å². The molecule has 0 aromatic heterocycles. The van der Waals surface area contributed by atoms with Crippen LogP contribution in [0.3, 0.4) is 0 Å². The van der Waals surface area contributed by atoms with E-state index in [1.807, 2.05) is 48.5 Å². The van der Waals surface area contributed by atoms with E-state index in [1.165, 1.54) is 6.07 Å². The molecule has 1 atom stereocenters. The van der Waals surface area contributed by atoms with Crippen LogP contribution in [-0.2, 0) is 6.54 Å². The molecule has 4 N–H and O–H groups in total. The van der Waals surface area contributed by atoms with Crippen LogP contribution in [0, 0.1) is 11.6 Å². The normalized spacial score (nSPS) is 14.9. The van der Waals surface area contributed by atoms with Crippen molar-refractivity contribution in [3.63, 3.8) is 0 Å². The number of anilines is 2. The van der Waals surface area contributed by atoms with Crippen LogP contribution in [0.1, 0.15) is 17.3 Å². The second-order valence-electron chi connectivity index (χ2n) is 6.51. The quantitative estimate of drug-likeness (QED) is 0.621. The third kappa shape index (κ3) is 3.97. The summed E-state index contributed by atoms with van der Waals surface area (Å²) in [4.78, 5) is 17.9. The summed E-state index contributed by atoms with van der Waals surface area (Å²) in [7, 11) is 0. The number of hydrogen-bond acceptors (Lipinski definition) is 4. The number of amides is 2. The van der Waals surface area contributed by atoms with Crippen molar-refractivity contribution in [2.75, 3.05) is 10.4 Å². The topological polar surface area (TPSA) is 79.6 Å². The maximum Gasteiger partial charge on any atom is 0.319 e. The molecular weight excluding hydrogens is 378 g/mol. The number of nitrogens with two attached hydrogens (primary N) is 1. The van der Waals surface area contributed by atoms with Gasteiger partial charge in [0.05, 0.1) is 5.69 Å². The van der Waals surface area contributed by atoms with Gasteiger partial charge in [-0.2, -0.15) is 5.06 Å². The first-order valence-corrected chi connectivity index (χ1v) is 8.92. The summed E-state index contributed by atoms with van der Waals surface area (Å²) in [5, 5.41) is 6.73. The maximum atomic E-state index is 13.2. The Morgan fingerprint density at radius 2 is 1.86 bits per heavy atom. The molecule has 1 heterocycles. The number of para-hydroxylation sites is 1. The molecule has 3 aromatic carbocycles. The van der Waals surface area contributed by atoms with E-state index >= 15 is 0 Å². The molecule has 4 rings (SSSR count). The Balaban J connectivity index is 1.39. The number of hydroxylamine groups is 1. The van der Waals surface area contributed by atoms with E-state index in [2.05, 4.69) is 10.6 Å². The van der Waals surface area contributed by atoms with E-state index < -0.39 is 23.8 Å². The summed E-state index contributed by atoms with van der Waals surface area (Å²) < 4.78 is 26.2. The predicted octanol–water partition coefficient (Wildman–Crippen LogP) is 4.06. The Morgan fingerprint density at radius 3 is 2.66 bits per heavy atom. The molecule has 0 bridgehead atoms. The Morgan fingerprint density at radius 1 is 1.03 bits per heavy atom. The summed E-state index contributed by atoms with van der Waals surface area (Å²) in [6, 6.07) is 17.5. The lowest BCUT2D eigenvalue weighted by molar-refractivity contribution is 0.251. The van der Waals surface area contributed by atoms with Crippen LogP contribution >= 0.6 is 0 Å². The highest BCUT2D eigenvalue weighted by Crippen LogP contribution is 2.37. The first-order chi connectivity index (χ1) is 14.0. The van der Waals surface area contributed by atoms with Crippen LogP contribution in [-0.4, -0.2) is 6.03 Å².